The van der Waals surface area contributed by atoms with Crippen LogP contribution in [-0.4, -0.2) is 22.8 Å². The molecule has 1 aliphatic heterocycles. The van der Waals surface area contributed by atoms with Crippen molar-refractivity contribution in [2.24, 2.45) is 4.36 Å². The molecule has 126 valence electrons. The van der Waals surface area contributed by atoms with Crippen molar-refractivity contribution in [2.75, 3.05) is 11.9 Å². The van der Waals surface area contributed by atoms with Gasteiger partial charge in [-0.25, -0.2) is 4.21 Å². The highest BCUT2D eigenvalue weighted by atomic mass is 32.2. The fourth-order valence-electron chi connectivity index (χ4n) is 2.56. The van der Waals surface area contributed by atoms with Gasteiger partial charge in [-0.1, -0.05) is 24.3 Å². The van der Waals surface area contributed by atoms with Crippen LogP contribution in [0.2, 0.25) is 0 Å². The quantitative estimate of drug-likeness (QED) is 0.777. The Balaban J connectivity index is 2.03. The van der Waals surface area contributed by atoms with Gasteiger partial charge in [-0.15, -0.1) is 0 Å². The molecule has 1 aliphatic rings. The van der Waals surface area contributed by atoms with Gasteiger partial charge < -0.3 is 10.1 Å². The van der Waals surface area contributed by atoms with E-state index in [0.717, 1.165) is 11.4 Å². The van der Waals surface area contributed by atoms with Crippen molar-refractivity contribution in [1.29, 1.82) is 0 Å². The summed E-state index contributed by atoms with van der Waals surface area (Å²) >= 11 is 0. The third-order valence-corrected chi connectivity index (χ3v) is 6.00. The molecular formula is C18H20N2O3S. The lowest BCUT2D eigenvalue weighted by atomic mass is 10.2. The number of hydrogen-bond donors (Lipinski definition) is 1. The molecule has 0 atom stereocenters. The topological polar surface area (TPSA) is 67.8 Å². The Bertz CT molecular complexity index is 832. The molecule has 1 heterocycles. The Labute approximate surface area is 142 Å². The molecule has 0 fully saturated rings. The van der Waals surface area contributed by atoms with Gasteiger partial charge in [0, 0.05) is 0 Å². The summed E-state index contributed by atoms with van der Waals surface area (Å²) in [5, 5.41) is 3.25. The van der Waals surface area contributed by atoms with E-state index >= 15 is 0 Å². The van der Waals surface area contributed by atoms with Gasteiger partial charge in [0.2, 0.25) is 0 Å². The van der Waals surface area contributed by atoms with Crippen molar-refractivity contribution < 1.29 is 13.7 Å². The predicted octanol–water partition coefficient (Wildman–Crippen LogP) is 3.97. The maximum atomic E-state index is 13.7. The Morgan fingerprint density at radius 1 is 1.08 bits per heavy atom. The van der Waals surface area contributed by atoms with Gasteiger partial charge in [-0.3, -0.25) is 4.79 Å². The molecule has 0 radical (unpaired) electrons. The lowest BCUT2D eigenvalue weighted by Crippen LogP contribution is -2.16. The van der Waals surface area contributed by atoms with Crippen LogP contribution >= 0.6 is 0 Å². The largest absolute Gasteiger partial charge is 0.378 e. The second-order valence-electron chi connectivity index (χ2n) is 5.80. The summed E-state index contributed by atoms with van der Waals surface area (Å²) in [6.07, 6.45) is 0.166. The number of benzene rings is 2. The zero-order valence-corrected chi connectivity index (χ0v) is 14.5. The number of nitrogens with zero attached hydrogens (tertiary/aromatic N) is 1. The first-order valence-corrected chi connectivity index (χ1v) is 9.39. The normalized spacial score (nSPS) is 14.5. The van der Waals surface area contributed by atoms with E-state index in [9.17, 15) is 9.00 Å². The van der Waals surface area contributed by atoms with Crippen LogP contribution in [-0.2, 0) is 19.3 Å². The summed E-state index contributed by atoms with van der Waals surface area (Å²) in [4.78, 5) is 13.4. The fourth-order valence-corrected chi connectivity index (χ4v) is 4.73. The number of para-hydroxylation sites is 2. The van der Waals surface area contributed by atoms with E-state index < -0.39 is 15.6 Å². The van der Waals surface area contributed by atoms with Crippen LogP contribution in [0.1, 0.15) is 20.3 Å². The Kier molecular flexibility index (Phi) is 4.69. The number of carbonyl (C=O) groups is 1. The summed E-state index contributed by atoms with van der Waals surface area (Å²) < 4.78 is 23.2. The minimum absolute atomic E-state index is 0.0479. The number of rotatable bonds is 4. The molecule has 0 spiro atoms. The molecule has 2 aromatic carbocycles. The van der Waals surface area contributed by atoms with Crippen LogP contribution in [0, 0.1) is 0 Å². The monoisotopic (exact) mass is 344 g/mol. The molecule has 1 N–H and O–H groups in total. The van der Waals surface area contributed by atoms with Crippen molar-refractivity contribution in [3.05, 3.63) is 48.5 Å². The molecule has 5 nitrogen and oxygen atoms in total. The van der Waals surface area contributed by atoms with Crippen molar-refractivity contribution >= 4 is 27.0 Å². The van der Waals surface area contributed by atoms with Crippen LogP contribution in [0.25, 0.3) is 0 Å². The summed E-state index contributed by atoms with van der Waals surface area (Å²) in [6, 6.07) is 14.5. The number of hydrogen-bond acceptors (Lipinski definition) is 4. The van der Waals surface area contributed by atoms with Gasteiger partial charge in [-0.05, 0) is 38.1 Å². The molecule has 0 unspecified atom stereocenters. The number of fused-ring (bicyclic) bond motifs is 2. The van der Waals surface area contributed by atoms with Crippen LogP contribution in [0.15, 0.2) is 62.7 Å². The molecule has 0 saturated heterocycles. The summed E-state index contributed by atoms with van der Waals surface area (Å²) in [5.41, 5.74) is 1.44. The van der Waals surface area contributed by atoms with Crippen molar-refractivity contribution in [3.8, 4) is 0 Å². The molecule has 1 amide bonds. The highest BCUT2D eigenvalue weighted by molar-refractivity contribution is 7.94. The maximum Gasteiger partial charge on any atom is 0.256 e. The van der Waals surface area contributed by atoms with Crippen LogP contribution in [0.5, 0.6) is 0 Å². The molecule has 24 heavy (non-hydrogen) atoms. The average Bonchev–Trinajstić information content (AvgIpc) is 2.55. The lowest BCUT2D eigenvalue weighted by molar-refractivity contribution is -0.118. The van der Waals surface area contributed by atoms with E-state index in [0.29, 0.717) is 9.79 Å². The van der Waals surface area contributed by atoms with Crippen LogP contribution in [0.4, 0.5) is 11.4 Å². The third kappa shape index (κ3) is 3.20. The average molecular weight is 344 g/mol. The third-order valence-electron chi connectivity index (χ3n) is 3.64. The van der Waals surface area contributed by atoms with Crippen molar-refractivity contribution in [1.82, 2.24) is 0 Å². The van der Waals surface area contributed by atoms with E-state index in [-0.39, 0.29) is 19.1 Å². The molecule has 0 saturated carbocycles. The minimum Gasteiger partial charge on any atom is -0.378 e. The molecule has 0 aliphatic carbocycles. The fraction of sp³-hybridized carbons (Fsp3) is 0.278. The summed E-state index contributed by atoms with van der Waals surface area (Å²) in [6.45, 7) is 4.08. The number of carbonyl (C=O) groups excluding carboxylic acids is 1. The first kappa shape index (κ1) is 16.7. The molecule has 3 rings (SSSR count). The minimum atomic E-state index is -3.00. The number of nitrogens with one attached hydrogen (secondary N) is 1. The van der Waals surface area contributed by atoms with Crippen LogP contribution < -0.4 is 5.32 Å². The number of anilines is 2. The molecule has 6 heteroatoms. The first-order chi connectivity index (χ1) is 11.5. The number of amides is 1. The smallest absolute Gasteiger partial charge is 0.256 e. The van der Waals surface area contributed by atoms with Gasteiger partial charge in [-0.2, -0.15) is 4.36 Å². The second kappa shape index (κ2) is 6.75. The molecule has 2 aromatic rings. The van der Waals surface area contributed by atoms with Gasteiger partial charge in [0.15, 0.2) is 0 Å². The SMILES string of the molecule is CC(C)OCCC(=O)N=S1(=O)c2ccccc2Nc2ccccc21. The molecule has 0 bridgehead atoms. The maximum absolute atomic E-state index is 13.7. The first-order valence-electron chi connectivity index (χ1n) is 7.87. The standard InChI is InChI=1S/C18H20N2O3S/c1-13(2)23-12-11-18(21)20-24(22)16-9-5-3-7-14(16)19-15-8-4-6-10-17(15)24/h3-10,13,19H,11-12H2,1-2H3. The van der Waals surface area contributed by atoms with E-state index in [1.807, 2.05) is 38.1 Å². The van der Waals surface area contributed by atoms with Crippen molar-refractivity contribution in [2.45, 2.75) is 36.2 Å². The summed E-state index contributed by atoms with van der Waals surface area (Å²) in [5.74, 6) is -0.410. The Morgan fingerprint density at radius 3 is 2.17 bits per heavy atom. The predicted molar refractivity (Wildman–Crippen MR) is 94.0 cm³/mol. The number of ether oxygens (including phenoxy) is 1. The zero-order valence-electron chi connectivity index (χ0n) is 13.7. The van der Waals surface area contributed by atoms with Crippen molar-refractivity contribution in [3.63, 3.8) is 0 Å². The lowest BCUT2D eigenvalue weighted by Gasteiger charge is -2.24. The van der Waals surface area contributed by atoms with E-state index in [4.69, 9.17) is 4.74 Å². The van der Waals surface area contributed by atoms with Crippen LogP contribution in [0.3, 0.4) is 0 Å². The highest BCUT2D eigenvalue weighted by Gasteiger charge is 2.28. The van der Waals surface area contributed by atoms with Gasteiger partial charge in [0.05, 0.1) is 40.3 Å². The van der Waals surface area contributed by atoms with Gasteiger partial charge >= 0.3 is 0 Å². The Hall–Kier alpha value is -2.18. The highest BCUT2D eigenvalue weighted by Crippen LogP contribution is 2.40. The van der Waals surface area contributed by atoms with Gasteiger partial charge in [0.1, 0.15) is 9.73 Å². The van der Waals surface area contributed by atoms with E-state index in [1.54, 1.807) is 24.3 Å². The zero-order chi connectivity index (χ0) is 17.2. The molecule has 0 aromatic heterocycles. The summed E-state index contributed by atoms with van der Waals surface area (Å²) in [7, 11) is -3.00. The second-order valence-corrected chi connectivity index (χ2v) is 7.91. The van der Waals surface area contributed by atoms with Gasteiger partial charge in [0.25, 0.3) is 5.91 Å². The molecular weight excluding hydrogens is 324 g/mol. The van der Waals surface area contributed by atoms with E-state index in [1.165, 1.54) is 0 Å². The Morgan fingerprint density at radius 2 is 1.62 bits per heavy atom. The van der Waals surface area contributed by atoms with E-state index in [2.05, 4.69) is 9.68 Å².